The number of benzene rings is 3. The van der Waals surface area contributed by atoms with E-state index in [0.717, 1.165) is 26.5 Å². The maximum Gasteiger partial charge on any atom is 0.245 e. The van der Waals surface area contributed by atoms with Gasteiger partial charge in [0.15, 0.2) is 0 Å². The highest BCUT2D eigenvalue weighted by Crippen LogP contribution is 2.28. The van der Waals surface area contributed by atoms with Gasteiger partial charge in [0.1, 0.15) is 6.54 Å². The number of carbonyl (C=O) groups is 1. The number of sulfonamides is 2. The molecule has 164 valence electrons. The fourth-order valence-electron chi connectivity index (χ4n) is 3.11. The Morgan fingerprint density at radius 3 is 2.19 bits per heavy atom. The van der Waals surface area contributed by atoms with Gasteiger partial charge in [0.25, 0.3) is 0 Å². The SMILES string of the molecule is CN(c1cccc(NC(=O)CN(c2cccc3ccccc23)S(C)(=O)=O)c1)S(C)(=O)=O. The third-order valence-electron chi connectivity index (χ3n) is 4.71. The Labute approximate surface area is 182 Å². The summed E-state index contributed by atoms with van der Waals surface area (Å²) in [5.74, 6) is -0.558. The van der Waals surface area contributed by atoms with Crippen LogP contribution in [0, 0.1) is 0 Å². The standard InChI is InChI=1S/C21H23N3O5S2/c1-23(30(2,26)27)18-11-7-10-17(14-18)22-21(25)15-24(31(3,28)29)20-13-6-9-16-8-4-5-12-19(16)20/h4-14H,15H2,1-3H3,(H,22,25). The van der Waals surface area contributed by atoms with Crippen LogP contribution in [0.1, 0.15) is 0 Å². The lowest BCUT2D eigenvalue weighted by atomic mass is 10.1. The third-order valence-corrected chi connectivity index (χ3v) is 7.05. The Morgan fingerprint density at radius 1 is 0.871 bits per heavy atom. The Kier molecular flexibility index (Phi) is 6.23. The van der Waals surface area contributed by atoms with Crippen LogP contribution in [-0.2, 0) is 24.8 Å². The number of fused-ring (bicyclic) bond motifs is 1. The zero-order valence-corrected chi connectivity index (χ0v) is 18.9. The molecule has 0 atom stereocenters. The average Bonchev–Trinajstić information content (AvgIpc) is 2.70. The van der Waals surface area contributed by atoms with Crippen LogP contribution in [0.15, 0.2) is 66.7 Å². The highest BCUT2D eigenvalue weighted by molar-refractivity contribution is 7.92. The van der Waals surface area contributed by atoms with E-state index >= 15 is 0 Å². The Morgan fingerprint density at radius 2 is 1.52 bits per heavy atom. The van der Waals surface area contributed by atoms with E-state index in [1.165, 1.54) is 13.1 Å². The monoisotopic (exact) mass is 461 g/mol. The molecule has 0 aromatic heterocycles. The van der Waals surface area contributed by atoms with Gasteiger partial charge in [0.05, 0.1) is 23.9 Å². The van der Waals surface area contributed by atoms with Gasteiger partial charge >= 0.3 is 0 Å². The predicted molar refractivity (Wildman–Crippen MR) is 124 cm³/mol. The van der Waals surface area contributed by atoms with Crippen LogP contribution in [-0.4, -0.2) is 48.8 Å². The molecule has 3 rings (SSSR count). The van der Waals surface area contributed by atoms with E-state index < -0.39 is 32.5 Å². The van der Waals surface area contributed by atoms with Crippen LogP contribution in [0.3, 0.4) is 0 Å². The van der Waals surface area contributed by atoms with E-state index in [0.29, 0.717) is 22.4 Å². The summed E-state index contributed by atoms with van der Waals surface area (Å²) >= 11 is 0. The number of carbonyl (C=O) groups excluding carboxylic acids is 1. The van der Waals surface area contributed by atoms with Crippen molar-refractivity contribution in [3.05, 3.63) is 66.7 Å². The summed E-state index contributed by atoms with van der Waals surface area (Å²) in [5, 5.41) is 4.20. The van der Waals surface area contributed by atoms with Gasteiger partial charge in [-0.2, -0.15) is 0 Å². The molecule has 0 radical (unpaired) electrons. The third kappa shape index (κ3) is 5.33. The van der Waals surface area contributed by atoms with Crippen molar-refractivity contribution in [3.63, 3.8) is 0 Å². The van der Waals surface area contributed by atoms with E-state index in [9.17, 15) is 21.6 Å². The number of rotatable bonds is 7. The molecule has 3 aromatic carbocycles. The molecule has 0 heterocycles. The van der Waals surface area contributed by atoms with Gasteiger partial charge in [0.2, 0.25) is 26.0 Å². The molecule has 0 spiro atoms. The van der Waals surface area contributed by atoms with Crippen molar-refractivity contribution >= 4 is 53.8 Å². The molecule has 0 aliphatic heterocycles. The highest BCUT2D eigenvalue weighted by Gasteiger charge is 2.23. The summed E-state index contributed by atoms with van der Waals surface area (Å²) in [6, 6.07) is 18.9. The molecule has 0 saturated heterocycles. The largest absolute Gasteiger partial charge is 0.324 e. The zero-order valence-electron chi connectivity index (χ0n) is 17.3. The second-order valence-electron chi connectivity index (χ2n) is 7.10. The van der Waals surface area contributed by atoms with Gasteiger partial charge in [-0.25, -0.2) is 16.8 Å². The van der Waals surface area contributed by atoms with Gasteiger partial charge in [-0.15, -0.1) is 0 Å². The Balaban J connectivity index is 1.88. The maximum atomic E-state index is 12.7. The smallest absolute Gasteiger partial charge is 0.245 e. The first-order chi connectivity index (χ1) is 14.5. The molecule has 0 aliphatic carbocycles. The number of hydrogen-bond acceptors (Lipinski definition) is 5. The molecule has 0 aliphatic rings. The summed E-state index contributed by atoms with van der Waals surface area (Å²) in [6.45, 7) is -0.432. The second-order valence-corrected chi connectivity index (χ2v) is 11.0. The number of amides is 1. The molecule has 1 amide bonds. The average molecular weight is 462 g/mol. The first kappa shape index (κ1) is 22.6. The Hall–Kier alpha value is -3.11. The van der Waals surface area contributed by atoms with E-state index in [2.05, 4.69) is 5.32 Å². The number of anilines is 3. The van der Waals surface area contributed by atoms with Crippen molar-refractivity contribution in [2.45, 2.75) is 0 Å². The van der Waals surface area contributed by atoms with Gasteiger partial charge in [-0.05, 0) is 29.7 Å². The van der Waals surface area contributed by atoms with E-state index in [1.807, 2.05) is 18.2 Å². The molecular weight excluding hydrogens is 438 g/mol. The zero-order chi connectivity index (χ0) is 22.8. The first-order valence-electron chi connectivity index (χ1n) is 9.26. The Bertz CT molecular complexity index is 1330. The molecule has 0 bridgehead atoms. The van der Waals surface area contributed by atoms with Crippen molar-refractivity contribution in [1.29, 1.82) is 0 Å². The highest BCUT2D eigenvalue weighted by atomic mass is 32.2. The van der Waals surface area contributed by atoms with Gasteiger partial charge < -0.3 is 5.32 Å². The molecule has 0 fully saturated rings. The first-order valence-corrected chi connectivity index (χ1v) is 13.0. The van der Waals surface area contributed by atoms with Crippen molar-refractivity contribution < 1.29 is 21.6 Å². The molecular formula is C21H23N3O5S2. The van der Waals surface area contributed by atoms with E-state index in [4.69, 9.17) is 0 Å². The maximum absolute atomic E-state index is 12.7. The molecule has 31 heavy (non-hydrogen) atoms. The molecule has 10 heteroatoms. The van der Waals surface area contributed by atoms with Crippen LogP contribution in [0.5, 0.6) is 0 Å². The normalized spacial score (nSPS) is 11.8. The fourth-order valence-corrected chi connectivity index (χ4v) is 4.47. The lowest BCUT2D eigenvalue weighted by Gasteiger charge is -2.23. The summed E-state index contributed by atoms with van der Waals surface area (Å²) in [6.07, 6.45) is 2.12. The minimum Gasteiger partial charge on any atom is -0.324 e. The van der Waals surface area contributed by atoms with Crippen LogP contribution in [0.25, 0.3) is 10.8 Å². The van der Waals surface area contributed by atoms with Crippen molar-refractivity contribution in [1.82, 2.24) is 0 Å². The molecule has 3 aromatic rings. The van der Waals surface area contributed by atoms with Crippen molar-refractivity contribution in [2.24, 2.45) is 0 Å². The quantitative estimate of drug-likeness (QED) is 0.583. The molecule has 0 unspecified atom stereocenters. The van der Waals surface area contributed by atoms with E-state index in [-0.39, 0.29) is 0 Å². The predicted octanol–water partition coefficient (Wildman–Crippen LogP) is 2.64. The van der Waals surface area contributed by atoms with Crippen molar-refractivity contribution in [2.75, 3.05) is 40.0 Å². The molecule has 1 N–H and O–H groups in total. The lowest BCUT2D eigenvalue weighted by molar-refractivity contribution is -0.114. The van der Waals surface area contributed by atoms with Crippen LogP contribution < -0.4 is 13.9 Å². The number of nitrogens with one attached hydrogen (secondary N) is 1. The van der Waals surface area contributed by atoms with Gasteiger partial charge in [-0.3, -0.25) is 13.4 Å². The topological polar surface area (TPSA) is 104 Å². The lowest BCUT2D eigenvalue weighted by Crippen LogP contribution is -2.37. The molecule has 8 nitrogen and oxygen atoms in total. The minimum atomic E-state index is -3.75. The number of hydrogen-bond donors (Lipinski definition) is 1. The summed E-state index contributed by atoms with van der Waals surface area (Å²) in [4.78, 5) is 12.7. The second kappa shape index (κ2) is 8.56. The van der Waals surface area contributed by atoms with Crippen LogP contribution in [0.2, 0.25) is 0 Å². The summed E-state index contributed by atoms with van der Waals surface area (Å²) < 4.78 is 50.6. The minimum absolute atomic E-state index is 0.351. The van der Waals surface area contributed by atoms with E-state index in [1.54, 1.807) is 42.5 Å². The summed E-state index contributed by atoms with van der Waals surface area (Å²) in [5.41, 5.74) is 1.13. The van der Waals surface area contributed by atoms with Gasteiger partial charge in [-0.1, -0.05) is 42.5 Å². The fraction of sp³-hybridized carbons (Fsp3) is 0.190. The summed E-state index contributed by atoms with van der Waals surface area (Å²) in [7, 11) is -5.81. The van der Waals surface area contributed by atoms with Crippen LogP contribution >= 0.6 is 0 Å². The van der Waals surface area contributed by atoms with Crippen LogP contribution in [0.4, 0.5) is 17.1 Å². The van der Waals surface area contributed by atoms with Crippen molar-refractivity contribution in [3.8, 4) is 0 Å². The molecule has 0 saturated carbocycles. The van der Waals surface area contributed by atoms with Gasteiger partial charge in [0, 0.05) is 18.1 Å². The number of nitrogens with zero attached hydrogens (tertiary/aromatic N) is 2.